The highest BCUT2D eigenvalue weighted by atomic mass is 35.5. The molecule has 0 unspecified atom stereocenters. The van der Waals surface area contributed by atoms with Gasteiger partial charge in [0.05, 0.1) is 7.11 Å². The number of alkyl halides is 1. The van der Waals surface area contributed by atoms with E-state index < -0.39 is 5.97 Å². The van der Waals surface area contributed by atoms with Crippen molar-refractivity contribution in [2.24, 2.45) is 0 Å². The maximum Gasteiger partial charge on any atom is 0.379 e. The van der Waals surface area contributed by atoms with Gasteiger partial charge in [0.15, 0.2) is 0 Å². The van der Waals surface area contributed by atoms with Crippen LogP contribution >= 0.6 is 11.6 Å². The number of esters is 1. The van der Waals surface area contributed by atoms with Crippen molar-refractivity contribution in [3.05, 3.63) is 23.2 Å². The Kier molecular flexibility index (Phi) is 2.76. The average Bonchev–Trinajstić information content (AvgIpc) is 2.29. The molecule has 0 amide bonds. The van der Waals surface area contributed by atoms with Crippen LogP contribution in [-0.4, -0.2) is 19.0 Å². The summed E-state index contributed by atoms with van der Waals surface area (Å²) < 4.78 is 9.69. The molecule has 12 heavy (non-hydrogen) atoms. The third-order valence-electron chi connectivity index (χ3n) is 1.56. The topological polar surface area (TPSA) is 35.5 Å². The smallest absolute Gasteiger partial charge is 0.379 e. The van der Waals surface area contributed by atoms with Gasteiger partial charge in [-0.05, 0) is 13.0 Å². The van der Waals surface area contributed by atoms with Crippen molar-refractivity contribution in [2.75, 3.05) is 13.0 Å². The molecular formula is C8H9ClO3. The molecule has 0 N–H and O–H groups in total. The Balaban J connectivity index is 2.96. The Hall–Kier alpha value is -0.960. The van der Waals surface area contributed by atoms with Crippen LogP contribution in [0.25, 0.3) is 0 Å². The van der Waals surface area contributed by atoms with Crippen molar-refractivity contribution in [3.63, 3.8) is 0 Å². The largest absolute Gasteiger partial charge is 0.490 e. The van der Waals surface area contributed by atoms with Crippen molar-refractivity contribution in [2.45, 2.75) is 6.92 Å². The molecule has 66 valence electrons. The number of carbonyl (C=O) groups is 1. The Morgan fingerprint density at radius 1 is 1.67 bits per heavy atom. The summed E-state index contributed by atoms with van der Waals surface area (Å²) in [6.07, 6.45) is 1.63. The second-order valence-corrected chi connectivity index (χ2v) is 2.58. The number of hydrogen-bond donors (Lipinski definition) is 0. The van der Waals surface area contributed by atoms with Crippen LogP contribution in [0.4, 0.5) is 0 Å². The first kappa shape index (κ1) is 9.13. The highest BCUT2D eigenvalue weighted by Gasteiger charge is 2.27. The Morgan fingerprint density at radius 2 is 2.33 bits per heavy atom. The van der Waals surface area contributed by atoms with Crippen LogP contribution in [-0.2, 0) is 14.3 Å². The maximum absolute atomic E-state index is 11.0. The number of rotatable bonds is 2. The fourth-order valence-corrected chi connectivity index (χ4v) is 1.13. The standard InChI is InChI=1S/C8H9ClO3/c1-5-6(3-4-9)12-8(10)7(5)11-2/h3H,4H2,1-2H3/b6-3+. The molecule has 1 aliphatic rings. The van der Waals surface area contributed by atoms with Gasteiger partial charge in [-0.25, -0.2) is 4.79 Å². The molecule has 0 spiro atoms. The Labute approximate surface area is 75.6 Å². The van der Waals surface area contributed by atoms with E-state index in [2.05, 4.69) is 0 Å². The van der Waals surface area contributed by atoms with E-state index in [-0.39, 0.29) is 5.76 Å². The number of cyclic esters (lactones) is 1. The van der Waals surface area contributed by atoms with Crippen molar-refractivity contribution in [1.29, 1.82) is 0 Å². The average molecular weight is 189 g/mol. The van der Waals surface area contributed by atoms with E-state index >= 15 is 0 Å². The molecule has 0 fully saturated rings. The lowest BCUT2D eigenvalue weighted by atomic mass is 10.2. The molecule has 0 atom stereocenters. The first-order valence-electron chi connectivity index (χ1n) is 3.44. The van der Waals surface area contributed by atoms with E-state index in [1.165, 1.54) is 7.11 Å². The molecule has 1 heterocycles. The summed E-state index contributed by atoms with van der Waals surface area (Å²) >= 11 is 5.45. The van der Waals surface area contributed by atoms with Crippen molar-refractivity contribution >= 4 is 17.6 Å². The third-order valence-corrected chi connectivity index (χ3v) is 1.72. The van der Waals surface area contributed by atoms with E-state index in [9.17, 15) is 4.79 Å². The van der Waals surface area contributed by atoms with Gasteiger partial charge in [0.2, 0.25) is 5.76 Å². The van der Waals surface area contributed by atoms with Gasteiger partial charge in [0.25, 0.3) is 0 Å². The highest BCUT2D eigenvalue weighted by Crippen LogP contribution is 2.25. The lowest BCUT2D eigenvalue weighted by Gasteiger charge is -1.94. The molecule has 0 aromatic rings. The number of methoxy groups -OCH3 is 1. The van der Waals surface area contributed by atoms with Crippen LogP contribution in [0.15, 0.2) is 23.2 Å². The van der Waals surface area contributed by atoms with Crippen LogP contribution in [0.5, 0.6) is 0 Å². The predicted molar refractivity (Wildman–Crippen MR) is 44.6 cm³/mol. The number of hydrogen-bond acceptors (Lipinski definition) is 3. The van der Waals surface area contributed by atoms with Gasteiger partial charge in [0.1, 0.15) is 5.76 Å². The first-order valence-corrected chi connectivity index (χ1v) is 3.97. The van der Waals surface area contributed by atoms with Gasteiger partial charge >= 0.3 is 5.97 Å². The van der Waals surface area contributed by atoms with Gasteiger partial charge in [-0.2, -0.15) is 0 Å². The number of allylic oxidation sites excluding steroid dienone is 2. The van der Waals surface area contributed by atoms with Crippen molar-refractivity contribution < 1.29 is 14.3 Å². The van der Waals surface area contributed by atoms with E-state index in [0.29, 0.717) is 17.2 Å². The monoisotopic (exact) mass is 188 g/mol. The van der Waals surface area contributed by atoms with Crippen LogP contribution in [0.1, 0.15) is 6.92 Å². The van der Waals surface area contributed by atoms with Crippen LogP contribution in [0.3, 0.4) is 0 Å². The Bertz CT molecular complexity index is 265. The summed E-state index contributed by atoms with van der Waals surface area (Å²) in [7, 11) is 1.43. The van der Waals surface area contributed by atoms with Crippen LogP contribution in [0.2, 0.25) is 0 Å². The molecule has 0 radical (unpaired) electrons. The van der Waals surface area contributed by atoms with E-state index in [4.69, 9.17) is 21.1 Å². The molecule has 3 nitrogen and oxygen atoms in total. The van der Waals surface area contributed by atoms with Crippen LogP contribution < -0.4 is 0 Å². The minimum Gasteiger partial charge on any atom is -0.490 e. The highest BCUT2D eigenvalue weighted by molar-refractivity contribution is 6.19. The van der Waals surface area contributed by atoms with E-state index in [1.54, 1.807) is 13.0 Å². The van der Waals surface area contributed by atoms with E-state index in [1.807, 2.05) is 0 Å². The molecule has 0 aromatic heterocycles. The number of carbonyl (C=O) groups excluding carboxylic acids is 1. The first-order chi connectivity index (χ1) is 5.70. The lowest BCUT2D eigenvalue weighted by molar-refractivity contribution is -0.136. The number of halogens is 1. The van der Waals surface area contributed by atoms with Gasteiger partial charge < -0.3 is 9.47 Å². The van der Waals surface area contributed by atoms with E-state index in [0.717, 1.165) is 0 Å². The summed E-state index contributed by atoms with van der Waals surface area (Å²) in [5, 5.41) is 0. The summed E-state index contributed by atoms with van der Waals surface area (Å²) in [6, 6.07) is 0. The Morgan fingerprint density at radius 3 is 2.75 bits per heavy atom. The molecule has 0 saturated carbocycles. The van der Waals surface area contributed by atoms with Gasteiger partial charge in [-0.3, -0.25) is 0 Å². The fraction of sp³-hybridized carbons (Fsp3) is 0.375. The zero-order valence-corrected chi connectivity index (χ0v) is 7.64. The number of ether oxygens (including phenoxy) is 2. The molecule has 0 aliphatic carbocycles. The molecule has 0 saturated heterocycles. The molecule has 0 bridgehead atoms. The van der Waals surface area contributed by atoms with Crippen molar-refractivity contribution in [3.8, 4) is 0 Å². The van der Waals surface area contributed by atoms with Gasteiger partial charge in [0, 0.05) is 11.5 Å². The lowest BCUT2D eigenvalue weighted by Crippen LogP contribution is -2.00. The second kappa shape index (κ2) is 3.63. The SMILES string of the molecule is COC1=C(C)/C(=C\CCl)OC1=O. The fourth-order valence-electron chi connectivity index (χ4n) is 0.989. The minimum atomic E-state index is -0.452. The quantitative estimate of drug-likeness (QED) is 0.488. The van der Waals surface area contributed by atoms with Gasteiger partial charge in [-0.1, -0.05) is 0 Å². The van der Waals surface area contributed by atoms with Gasteiger partial charge in [-0.15, -0.1) is 11.6 Å². The summed E-state index contributed by atoms with van der Waals surface area (Å²) in [5.74, 6) is 0.612. The minimum absolute atomic E-state index is 0.256. The predicted octanol–water partition coefficient (Wildman–Crippen LogP) is 1.59. The molecule has 4 heteroatoms. The summed E-state index contributed by atoms with van der Waals surface area (Å²) in [6.45, 7) is 1.75. The summed E-state index contributed by atoms with van der Waals surface area (Å²) in [5.41, 5.74) is 0.697. The summed E-state index contributed by atoms with van der Waals surface area (Å²) in [4.78, 5) is 11.0. The third kappa shape index (κ3) is 1.46. The molecule has 1 rings (SSSR count). The normalized spacial score (nSPS) is 20.2. The maximum atomic E-state index is 11.0. The zero-order valence-electron chi connectivity index (χ0n) is 6.89. The van der Waals surface area contributed by atoms with Crippen molar-refractivity contribution in [1.82, 2.24) is 0 Å². The zero-order chi connectivity index (χ0) is 9.14. The molecule has 0 aromatic carbocycles. The van der Waals surface area contributed by atoms with Crippen LogP contribution in [0, 0.1) is 0 Å². The molecular weight excluding hydrogens is 180 g/mol. The molecule has 1 aliphatic heterocycles. The second-order valence-electron chi connectivity index (χ2n) is 2.27.